The summed E-state index contributed by atoms with van der Waals surface area (Å²) in [5.41, 5.74) is -16.0. The molecule has 0 aliphatic rings. The Morgan fingerprint density at radius 3 is 1.03 bits per heavy atom. The van der Waals surface area contributed by atoms with E-state index >= 15 is 0 Å². The van der Waals surface area contributed by atoms with Gasteiger partial charge in [-0.25, -0.2) is 0 Å². The molecule has 0 amide bonds. The summed E-state index contributed by atoms with van der Waals surface area (Å²) in [5, 5.41) is 0. The molecule has 0 N–H and O–H groups in total. The Balaban J connectivity index is 4.27. The molecule has 0 fully saturated rings. The molecule has 0 heterocycles. The number of carbonyl (C=O) groups is 2. The molecule has 0 bridgehead atoms. The van der Waals surface area contributed by atoms with Gasteiger partial charge in [0.05, 0.1) is 0 Å². The Morgan fingerprint density at radius 1 is 0.606 bits per heavy atom. The van der Waals surface area contributed by atoms with Gasteiger partial charge in [0.1, 0.15) is 0 Å². The van der Waals surface area contributed by atoms with Gasteiger partial charge in [-0.15, -0.1) is 0 Å². The van der Waals surface area contributed by atoms with Gasteiger partial charge in [-0.3, -0.25) is 9.59 Å². The Hall–Kier alpha value is -1.95. The van der Waals surface area contributed by atoms with Crippen molar-refractivity contribution in [2.75, 3.05) is 0 Å². The lowest BCUT2D eigenvalue weighted by atomic mass is 9.85. The van der Waals surface area contributed by atoms with Crippen molar-refractivity contribution in [3.8, 4) is 0 Å². The molecule has 33 heavy (non-hydrogen) atoms. The van der Waals surface area contributed by atoms with E-state index in [2.05, 4.69) is 9.47 Å². The van der Waals surface area contributed by atoms with Crippen molar-refractivity contribution < 1.29 is 71.7 Å². The largest absolute Gasteiger partial charge is 0.442 e. The molecule has 0 aliphatic carbocycles. The summed E-state index contributed by atoms with van der Waals surface area (Å²) in [6.07, 6.45) is -26.4. The molecule has 4 nitrogen and oxygen atoms in total. The van der Waals surface area contributed by atoms with Gasteiger partial charge in [0.2, 0.25) is 0 Å². The zero-order valence-corrected chi connectivity index (χ0v) is 17.9. The van der Waals surface area contributed by atoms with Crippen molar-refractivity contribution in [1.29, 1.82) is 0 Å². The monoisotopic (exact) mass is 620 g/mol. The Kier molecular flexibility index (Phi) is 7.65. The maximum absolute atomic E-state index is 13.6. The summed E-state index contributed by atoms with van der Waals surface area (Å²) in [6.45, 7) is 0.214. The summed E-state index contributed by atoms with van der Waals surface area (Å²) in [4.78, 5) is 22.2. The van der Waals surface area contributed by atoms with Gasteiger partial charge in [0, 0.05) is 28.5 Å². The molecular formula is C16H9F12IO4. The summed E-state index contributed by atoms with van der Waals surface area (Å²) < 4.78 is 169. The first-order chi connectivity index (χ1) is 14.4. The molecule has 0 aliphatic heterocycles. The molecule has 1 rings (SSSR count). The second-order valence-corrected chi connectivity index (χ2v) is 7.51. The zero-order chi connectivity index (χ0) is 26.4. The average molecular weight is 620 g/mol. The maximum Gasteiger partial charge on any atom is 0.442 e. The molecular weight excluding hydrogens is 611 g/mol. The average Bonchev–Trinajstić information content (AvgIpc) is 2.51. The highest BCUT2D eigenvalue weighted by atomic mass is 127. The van der Waals surface area contributed by atoms with E-state index in [0.29, 0.717) is 0 Å². The third-order valence-corrected chi connectivity index (χ3v) is 4.52. The molecule has 0 radical (unpaired) electrons. The van der Waals surface area contributed by atoms with Gasteiger partial charge < -0.3 is 9.47 Å². The van der Waals surface area contributed by atoms with Gasteiger partial charge in [-0.1, -0.05) is 0 Å². The number of rotatable bonds is 4. The fraction of sp³-hybridized carbons (Fsp3) is 0.500. The molecule has 0 atom stereocenters. The van der Waals surface area contributed by atoms with Crippen LogP contribution in [0.25, 0.3) is 0 Å². The first-order valence-corrected chi connectivity index (χ1v) is 8.99. The maximum atomic E-state index is 13.6. The topological polar surface area (TPSA) is 52.6 Å². The van der Waals surface area contributed by atoms with Gasteiger partial charge in [-0.05, 0) is 40.8 Å². The molecule has 1 aromatic carbocycles. The Labute approximate surface area is 189 Å². The van der Waals surface area contributed by atoms with E-state index in [1.54, 1.807) is 0 Å². The fourth-order valence-electron chi connectivity index (χ4n) is 2.75. The van der Waals surface area contributed by atoms with Gasteiger partial charge in [0.15, 0.2) is 0 Å². The van der Waals surface area contributed by atoms with Crippen molar-refractivity contribution in [3.63, 3.8) is 0 Å². The van der Waals surface area contributed by atoms with E-state index in [-0.39, 0.29) is 26.0 Å². The van der Waals surface area contributed by atoms with Crippen LogP contribution in [0.2, 0.25) is 0 Å². The molecule has 188 valence electrons. The van der Waals surface area contributed by atoms with Crippen molar-refractivity contribution in [2.45, 2.75) is 49.8 Å². The van der Waals surface area contributed by atoms with E-state index < -0.39 is 68.6 Å². The number of hydrogen-bond donors (Lipinski definition) is 0. The fourth-order valence-corrected chi connectivity index (χ4v) is 3.42. The minimum absolute atomic E-state index is 0.0841. The number of alkyl halides is 12. The first-order valence-electron chi connectivity index (χ1n) is 7.91. The van der Waals surface area contributed by atoms with E-state index in [1.807, 2.05) is 0 Å². The van der Waals surface area contributed by atoms with E-state index in [0.717, 1.165) is 22.6 Å². The van der Waals surface area contributed by atoms with E-state index in [1.165, 1.54) is 0 Å². The number of halogens is 13. The SMILES string of the molecule is CC(=O)OC(c1cc(I)cc(C(OC(C)=O)(C(F)(F)F)C(F)(F)F)c1)(C(F)(F)F)C(F)(F)F. The van der Waals surface area contributed by atoms with Crippen LogP contribution in [-0.2, 0) is 30.3 Å². The second-order valence-electron chi connectivity index (χ2n) is 6.27. The number of benzene rings is 1. The van der Waals surface area contributed by atoms with Crippen molar-refractivity contribution in [3.05, 3.63) is 32.9 Å². The van der Waals surface area contributed by atoms with E-state index in [9.17, 15) is 62.3 Å². The zero-order valence-electron chi connectivity index (χ0n) is 15.8. The number of hydrogen-bond acceptors (Lipinski definition) is 4. The molecule has 0 saturated carbocycles. The number of esters is 2. The van der Waals surface area contributed by atoms with Crippen LogP contribution >= 0.6 is 22.6 Å². The summed E-state index contributed by atoms with van der Waals surface area (Å²) in [6, 6.07) is -0.950. The van der Waals surface area contributed by atoms with Crippen LogP contribution in [0.4, 0.5) is 52.7 Å². The van der Waals surface area contributed by atoms with Gasteiger partial charge >= 0.3 is 47.8 Å². The molecule has 17 heteroatoms. The predicted molar refractivity (Wildman–Crippen MR) is 90.3 cm³/mol. The normalized spacial score (nSPS) is 14.2. The Bertz CT molecular complexity index is 816. The molecule has 0 unspecified atom stereocenters. The van der Waals surface area contributed by atoms with Crippen LogP contribution in [0.5, 0.6) is 0 Å². The smallest absolute Gasteiger partial charge is 0.435 e. The highest BCUT2D eigenvalue weighted by Gasteiger charge is 2.78. The molecule has 0 saturated heterocycles. The van der Waals surface area contributed by atoms with Crippen LogP contribution < -0.4 is 0 Å². The van der Waals surface area contributed by atoms with Crippen LogP contribution in [0.1, 0.15) is 25.0 Å². The van der Waals surface area contributed by atoms with Crippen molar-refractivity contribution in [1.82, 2.24) is 0 Å². The number of carbonyl (C=O) groups excluding carboxylic acids is 2. The van der Waals surface area contributed by atoms with Crippen LogP contribution in [0.15, 0.2) is 18.2 Å². The molecule has 0 spiro atoms. The quantitative estimate of drug-likeness (QED) is 0.234. The summed E-state index contributed by atoms with van der Waals surface area (Å²) in [7, 11) is 0. The van der Waals surface area contributed by atoms with Gasteiger partial charge in [-0.2, -0.15) is 52.7 Å². The minimum atomic E-state index is -6.60. The lowest BCUT2D eigenvalue weighted by molar-refractivity contribution is -0.379. The highest BCUT2D eigenvalue weighted by molar-refractivity contribution is 14.1. The highest BCUT2D eigenvalue weighted by Crippen LogP contribution is 2.57. The summed E-state index contributed by atoms with van der Waals surface area (Å²) >= 11 is 0.841. The van der Waals surface area contributed by atoms with Crippen molar-refractivity contribution >= 4 is 34.5 Å². The second kappa shape index (κ2) is 8.68. The van der Waals surface area contributed by atoms with Gasteiger partial charge in [0.25, 0.3) is 0 Å². The Morgan fingerprint density at radius 2 is 0.848 bits per heavy atom. The lowest BCUT2D eigenvalue weighted by Crippen LogP contribution is -2.58. The molecule has 0 aromatic heterocycles. The van der Waals surface area contributed by atoms with Crippen LogP contribution in [0.3, 0.4) is 0 Å². The molecule has 1 aromatic rings. The van der Waals surface area contributed by atoms with Crippen LogP contribution in [-0.4, -0.2) is 36.6 Å². The van der Waals surface area contributed by atoms with E-state index in [4.69, 9.17) is 0 Å². The summed E-state index contributed by atoms with van der Waals surface area (Å²) in [5.74, 6) is -4.41. The lowest BCUT2D eigenvalue weighted by Gasteiger charge is -2.39. The minimum Gasteiger partial charge on any atom is -0.435 e. The third-order valence-electron chi connectivity index (χ3n) is 3.90. The number of ether oxygens (including phenoxy) is 2. The van der Waals surface area contributed by atoms with Crippen molar-refractivity contribution in [2.24, 2.45) is 0 Å². The third kappa shape index (κ3) is 5.11. The standard InChI is InChI=1S/C16H9F12IO4/c1-6(30)32-11(13(17,18)19,14(20,21)22)8-3-9(5-10(29)4-8)12(15(23,24)25,16(26,27)28)33-7(2)31/h3-5H,1-2H3. The predicted octanol–water partition coefficient (Wildman–Crippen LogP) is 6.06. The first kappa shape index (κ1) is 29.1. The van der Waals surface area contributed by atoms with Crippen LogP contribution in [0, 0.1) is 3.57 Å².